The van der Waals surface area contributed by atoms with Gasteiger partial charge in [-0.1, -0.05) is 23.8 Å². The van der Waals surface area contributed by atoms with Crippen LogP contribution in [0.25, 0.3) is 11.0 Å². The van der Waals surface area contributed by atoms with Crippen LogP contribution in [0.4, 0.5) is 5.69 Å². The highest BCUT2D eigenvalue weighted by Gasteiger charge is 2.12. The predicted octanol–water partition coefficient (Wildman–Crippen LogP) is 4.14. The van der Waals surface area contributed by atoms with Crippen LogP contribution in [0.1, 0.15) is 28.1 Å². The third-order valence-corrected chi connectivity index (χ3v) is 3.54. The zero-order valence-corrected chi connectivity index (χ0v) is 11.9. The van der Waals surface area contributed by atoms with Gasteiger partial charge in [0.2, 0.25) is 0 Å². The molecule has 2 aromatic carbocycles. The maximum atomic E-state index is 12.2. The average Bonchev–Trinajstić information content (AvgIpc) is 2.88. The van der Waals surface area contributed by atoms with E-state index in [9.17, 15) is 4.79 Å². The molecule has 0 atom stereocenters. The van der Waals surface area contributed by atoms with E-state index in [-0.39, 0.29) is 5.78 Å². The molecule has 2 N–H and O–H groups in total. The van der Waals surface area contributed by atoms with Crippen molar-refractivity contribution in [1.82, 2.24) is 0 Å². The van der Waals surface area contributed by atoms with Crippen molar-refractivity contribution in [2.45, 2.75) is 19.8 Å². The second kappa shape index (κ2) is 5.44. The molecule has 0 aliphatic rings. The normalized spacial score (nSPS) is 10.9. The van der Waals surface area contributed by atoms with Crippen LogP contribution < -0.4 is 5.73 Å². The van der Waals surface area contributed by atoms with E-state index in [0.29, 0.717) is 18.6 Å². The zero-order valence-electron chi connectivity index (χ0n) is 11.9. The Morgan fingerprint density at radius 3 is 2.81 bits per heavy atom. The first-order valence-corrected chi connectivity index (χ1v) is 6.99. The van der Waals surface area contributed by atoms with Crippen molar-refractivity contribution in [2.75, 3.05) is 5.73 Å². The van der Waals surface area contributed by atoms with Crippen molar-refractivity contribution >= 4 is 22.4 Å². The minimum atomic E-state index is 0.0197. The molecule has 3 heteroatoms. The predicted molar refractivity (Wildman–Crippen MR) is 84.5 cm³/mol. The molecule has 1 aromatic heterocycles. The number of fused-ring (bicyclic) bond motifs is 1. The number of benzene rings is 2. The van der Waals surface area contributed by atoms with Crippen LogP contribution in [0.5, 0.6) is 0 Å². The maximum absolute atomic E-state index is 12.2. The van der Waals surface area contributed by atoms with E-state index in [1.54, 1.807) is 0 Å². The van der Waals surface area contributed by atoms with Gasteiger partial charge in [0.25, 0.3) is 0 Å². The summed E-state index contributed by atoms with van der Waals surface area (Å²) >= 11 is 0. The van der Waals surface area contributed by atoms with Gasteiger partial charge in [0.15, 0.2) is 11.5 Å². The fourth-order valence-corrected chi connectivity index (χ4v) is 2.43. The number of hydrogen-bond acceptors (Lipinski definition) is 3. The number of nitrogens with two attached hydrogens (primary N) is 1. The van der Waals surface area contributed by atoms with Crippen LogP contribution in [-0.4, -0.2) is 5.78 Å². The Kier molecular flexibility index (Phi) is 3.48. The van der Waals surface area contributed by atoms with Crippen LogP contribution in [0.15, 0.2) is 52.9 Å². The van der Waals surface area contributed by atoms with Gasteiger partial charge in [-0.2, -0.15) is 0 Å². The summed E-state index contributed by atoms with van der Waals surface area (Å²) in [5.41, 5.74) is 9.44. The number of anilines is 1. The lowest BCUT2D eigenvalue weighted by Crippen LogP contribution is -2.00. The Morgan fingerprint density at radius 1 is 1.14 bits per heavy atom. The SMILES string of the molecule is Cc1ccc2oc(C(=O)CCc3cccc(N)c3)cc2c1. The molecule has 3 aromatic rings. The van der Waals surface area contributed by atoms with E-state index in [4.69, 9.17) is 10.2 Å². The summed E-state index contributed by atoms with van der Waals surface area (Å²) in [5.74, 6) is 0.450. The molecular weight excluding hydrogens is 262 g/mol. The molecule has 0 bridgehead atoms. The molecule has 0 saturated carbocycles. The molecule has 3 nitrogen and oxygen atoms in total. The number of rotatable bonds is 4. The van der Waals surface area contributed by atoms with Crippen LogP contribution >= 0.6 is 0 Å². The number of carbonyl (C=O) groups excluding carboxylic acids is 1. The molecule has 0 aliphatic heterocycles. The molecule has 21 heavy (non-hydrogen) atoms. The van der Waals surface area contributed by atoms with E-state index >= 15 is 0 Å². The second-order valence-corrected chi connectivity index (χ2v) is 5.32. The van der Waals surface area contributed by atoms with Crippen molar-refractivity contribution in [3.63, 3.8) is 0 Å². The van der Waals surface area contributed by atoms with Crippen LogP contribution in [0, 0.1) is 6.92 Å². The first kappa shape index (κ1) is 13.4. The lowest BCUT2D eigenvalue weighted by atomic mass is 10.1. The third-order valence-electron chi connectivity index (χ3n) is 3.54. The van der Waals surface area contributed by atoms with Crippen molar-refractivity contribution in [3.05, 3.63) is 65.4 Å². The van der Waals surface area contributed by atoms with Gasteiger partial charge in [0.05, 0.1) is 0 Å². The average molecular weight is 279 g/mol. The molecule has 0 amide bonds. The standard InChI is InChI=1S/C18H17NO2/c1-12-5-8-17-14(9-12)11-18(21-17)16(20)7-6-13-3-2-4-15(19)10-13/h2-5,8-11H,6-7,19H2,1H3. The summed E-state index contributed by atoms with van der Waals surface area (Å²) in [6.07, 6.45) is 1.09. The Morgan fingerprint density at radius 2 is 2.00 bits per heavy atom. The van der Waals surface area contributed by atoms with Gasteiger partial charge in [-0.05, 0) is 49.2 Å². The van der Waals surface area contributed by atoms with Crippen LogP contribution in [0.3, 0.4) is 0 Å². The highest BCUT2D eigenvalue weighted by Crippen LogP contribution is 2.22. The molecule has 0 spiro atoms. The molecular formula is C18H17NO2. The largest absolute Gasteiger partial charge is 0.453 e. The van der Waals surface area contributed by atoms with E-state index in [1.165, 1.54) is 0 Å². The van der Waals surface area contributed by atoms with Gasteiger partial charge in [0, 0.05) is 17.5 Å². The number of aryl methyl sites for hydroxylation is 2. The van der Waals surface area contributed by atoms with Gasteiger partial charge in [-0.15, -0.1) is 0 Å². The van der Waals surface area contributed by atoms with Crippen LogP contribution in [0.2, 0.25) is 0 Å². The number of carbonyl (C=O) groups is 1. The van der Waals surface area contributed by atoms with E-state index in [1.807, 2.05) is 55.5 Å². The summed E-state index contributed by atoms with van der Waals surface area (Å²) in [4.78, 5) is 12.2. The lowest BCUT2D eigenvalue weighted by Gasteiger charge is -2.01. The quantitative estimate of drug-likeness (QED) is 0.577. The van der Waals surface area contributed by atoms with Gasteiger partial charge in [0.1, 0.15) is 5.58 Å². The van der Waals surface area contributed by atoms with Crippen molar-refractivity contribution in [2.24, 2.45) is 0 Å². The molecule has 0 fully saturated rings. The molecule has 1 heterocycles. The third kappa shape index (κ3) is 2.97. The molecule has 0 aliphatic carbocycles. The molecule has 0 saturated heterocycles. The van der Waals surface area contributed by atoms with Gasteiger partial charge >= 0.3 is 0 Å². The van der Waals surface area contributed by atoms with Crippen molar-refractivity contribution in [1.29, 1.82) is 0 Å². The zero-order chi connectivity index (χ0) is 14.8. The highest BCUT2D eigenvalue weighted by molar-refractivity contribution is 5.97. The summed E-state index contributed by atoms with van der Waals surface area (Å²) in [6, 6.07) is 15.3. The smallest absolute Gasteiger partial charge is 0.198 e. The molecule has 106 valence electrons. The second-order valence-electron chi connectivity index (χ2n) is 5.32. The first-order valence-electron chi connectivity index (χ1n) is 6.99. The van der Waals surface area contributed by atoms with E-state index in [0.717, 1.165) is 27.8 Å². The topological polar surface area (TPSA) is 56.2 Å². The highest BCUT2D eigenvalue weighted by atomic mass is 16.3. The fraction of sp³-hybridized carbons (Fsp3) is 0.167. The summed E-state index contributed by atoms with van der Waals surface area (Å²) < 4.78 is 5.62. The number of hydrogen-bond donors (Lipinski definition) is 1. The molecule has 0 radical (unpaired) electrons. The Hall–Kier alpha value is -2.55. The van der Waals surface area contributed by atoms with Gasteiger partial charge in [-0.25, -0.2) is 0 Å². The molecule has 0 unspecified atom stereocenters. The number of furan rings is 1. The van der Waals surface area contributed by atoms with E-state index < -0.39 is 0 Å². The summed E-state index contributed by atoms with van der Waals surface area (Å²) in [5, 5.41) is 0.974. The minimum Gasteiger partial charge on any atom is -0.453 e. The number of ketones is 1. The Labute approximate surface area is 123 Å². The summed E-state index contributed by atoms with van der Waals surface area (Å²) in [7, 11) is 0. The Balaban J connectivity index is 1.74. The number of Topliss-reactive ketones (excluding diaryl/α,β-unsaturated/α-hetero) is 1. The first-order chi connectivity index (χ1) is 10.1. The maximum Gasteiger partial charge on any atom is 0.198 e. The van der Waals surface area contributed by atoms with Gasteiger partial charge < -0.3 is 10.2 Å². The van der Waals surface area contributed by atoms with Crippen LogP contribution in [-0.2, 0) is 6.42 Å². The van der Waals surface area contributed by atoms with E-state index in [2.05, 4.69) is 0 Å². The lowest BCUT2D eigenvalue weighted by molar-refractivity contribution is 0.0958. The van der Waals surface area contributed by atoms with Crippen molar-refractivity contribution < 1.29 is 9.21 Å². The van der Waals surface area contributed by atoms with Crippen molar-refractivity contribution in [3.8, 4) is 0 Å². The monoisotopic (exact) mass is 279 g/mol. The fourth-order valence-electron chi connectivity index (χ4n) is 2.43. The minimum absolute atomic E-state index is 0.0197. The Bertz CT molecular complexity index is 802. The van der Waals surface area contributed by atoms with Gasteiger partial charge in [-0.3, -0.25) is 4.79 Å². The summed E-state index contributed by atoms with van der Waals surface area (Å²) in [6.45, 7) is 2.02. The molecule has 3 rings (SSSR count). The number of nitrogen functional groups attached to an aromatic ring is 1.